The van der Waals surface area contributed by atoms with Crippen molar-refractivity contribution >= 4 is 11.7 Å². The second kappa shape index (κ2) is 8.23. The quantitative estimate of drug-likeness (QED) is 0.569. The van der Waals surface area contributed by atoms with E-state index in [-0.39, 0.29) is 11.7 Å². The van der Waals surface area contributed by atoms with Crippen LogP contribution in [0.4, 0.5) is 5.82 Å². The van der Waals surface area contributed by atoms with E-state index in [0.29, 0.717) is 24.3 Å². The Kier molecular flexibility index (Phi) is 6.05. The maximum Gasteiger partial charge on any atom is 0.406 e. The first-order chi connectivity index (χ1) is 12.0. The number of amides is 1. The first-order valence-electron chi connectivity index (χ1n) is 8.10. The number of ether oxygens (including phenoxy) is 1. The molecule has 0 N–H and O–H groups in total. The van der Waals surface area contributed by atoms with Gasteiger partial charge in [0, 0.05) is 25.6 Å². The molecule has 0 spiro atoms. The fourth-order valence-corrected chi connectivity index (χ4v) is 2.47. The molecular weight excluding hydrogens is 322 g/mol. The number of aromatic nitrogens is 1. The normalized spacial score (nSPS) is 11.6. The van der Waals surface area contributed by atoms with Crippen LogP contribution in [0.15, 0.2) is 42.5 Å². The van der Waals surface area contributed by atoms with Gasteiger partial charge in [0.1, 0.15) is 5.69 Å². The summed E-state index contributed by atoms with van der Waals surface area (Å²) in [6.45, 7) is 6.46. The van der Waals surface area contributed by atoms with Gasteiger partial charge in [0.05, 0.1) is 0 Å². The van der Waals surface area contributed by atoms with Crippen LogP contribution < -0.4 is 4.74 Å². The Morgan fingerprint density at radius 1 is 1.20 bits per heavy atom. The molecule has 0 aliphatic carbocycles. The first kappa shape index (κ1) is 18.4. The molecule has 1 aromatic carbocycles. The van der Waals surface area contributed by atoms with E-state index in [4.69, 9.17) is 4.74 Å². The van der Waals surface area contributed by atoms with Gasteiger partial charge in [-0.15, -0.1) is 0 Å². The molecule has 0 aliphatic rings. The van der Waals surface area contributed by atoms with Crippen molar-refractivity contribution in [1.82, 2.24) is 9.88 Å². The molecule has 0 aliphatic heterocycles. The van der Waals surface area contributed by atoms with Crippen molar-refractivity contribution in [3.8, 4) is 5.75 Å². The van der Waals surface area contributed by atoms with Crippen LogP contribution in [0.1, 0.15) is 31.2 Å². The molecule has 0 bridgehead atoms. The van der Waals surface area contributed by atoms with E-state index in [1.165, 1.54) is 6.07 Å². The summed E-state index contributed by atoms with van der Waals surface area (Å²) in [6.07, 6.45) is -0.968. The Bertz CT molecular complexity index is 745. The molecule has 7 nitrogen and oxygen atoms in total. The van der Waals surface area contributed by atoms with Crippen LogP contribution in [-0.2, 0) is 4.79 Å². The highest BCUT2D eigenvalue weighted by Crippen LogP contribution is 2.30. The molecule has 1 amide bonds. The molecule has 2 rings (SSSR count). The van der Waals surface area contributed by atoms with Crippen molar-refractivity contribution in [2.75, 3.05) is 13.1 Å². The summed E-state index contributed by atoms with van der Waals surface area (Å²) in [5.41, 5.74) is 1.14. The largest absolute Gasteiger partial charge is 0.467 e. The Morgan fingerprint density at radius 2 is 1.84 bits per heavy atom. The summed E-state index contributed by atoms with van der Waals surface area (Å²) in [5.74, 6) is -0.663. The minimum Gasteiger partial charge on any atom is -0.467 e. The molecule has 0 unspecified atom stereocenters. The van der Waals surface area contributed by atoms with Gasteiger partial charge < -0.3 is 19.8 Å². The van der Waals surface area contributed by atoms with Crippen LogP contribution in [0.3, 0.4) is 0 Å². The molecule has 0 saturated carbocycles. The van der Waals surface area contributed by atoms with Gasteiger partial charge in [-0.05, 0) is 35.9 Å². The smallest absolute Gasteiger partial charge is 0.406 e. The second-order valence-corrected chi connectivity index (χ2v) is 5.45. The number of carbonyl (C=O) groups excluding carboxylic acids is 1. The average Bonchev–Trinajstić information content (AvgIpc) is 2.62. The van der Waals surface area contributed by atoms with E-state index in [0.717, 1.165) is 0 Å². The van der Waals surface area contributed by atoms with Crippen molar-refractivity contribution in [2.24, 2.45) is 0 Å². The number of likely N-dealkylation sites (N-methyl/N-ethyl adjacent to an activating group) is 1. The summed E-state index contributed by atoms with van der Waals surface area (Å²) < 4.78 is 5.80. The third kappa shape index (κ3) is 4.32. The zero-order valence-corrected chi connectivity index (χ0v) is 14.5. The molecular formula is C18H21N3O4. The molecule has 25 heavy (non-hydrogen) atoms. The predicted molar refractivity (Wildman–Crippen MR) is 93.4 cm³/mol. The molecule has 2 aromatic rings. The number of benzene rings is 1. The second-order valence-electron chi connectivity index (χ2n) is 5.45. The topological polar surface area (TPSA) is 85.6 Å². The summed E-state index contributed by atoms with van der Waals surface area (Å²) in [7, 11) is 0. The van der Waals surface area contributed by atoms with E-state index in [9.17, 15) is 14.9 Å². The average molecular weight is 343 g/mol. The number of nitro groups is 1. The number of pyridine rings is 1. The minimum absolute atomic E-state index is 0.0232. The third-order valence-electron chi connectivity index (χ3n) is 3.80. The van der Waals surface area contributed by atoms with E-state index >= 15 is 0 Å². The summed E-state index contributed by atoms with van der Waals surface area (Å²) in [4.78, 5) is 29.1. The van der Waals surface area contributed by atoms with Crippen molar-refractivity contribution in [2.45, 2.75) is 26.9 Å². The van der Waals surface area contributed by atoms with Gasteiger partial charge in [0.15, 0.2) is 0 Å². The van der Waals surface area contributed by atoms with E-state index in [1.807, 2.05) is 19.9 Å². The highest BCUT2D eigenvalue weighted by Gasteiger charge is 2.29. The Balaban J connectivity index is 2.44. The van der Waals surface area contributed by atoms with E-state index < -0.39 is 16.8 Å². The van der Waals surface area contributed by atoms with Gasteiger partial charge in [-0.2, -0.15) is 0 Å². The van der Waals surface area contributed by atoms with Crippen LogP contribution in [0.25, 0.3) is 0 Å². The lowest BCUT2D eigenvalue weighted by molar-refractivity contribution is -0.390. The SMILES string of the molecule is CCN(CC)C(=O)[C@H](Oc1ccc(C)nc1[N+](=O)[O-])c1ccccc1. The van der Waals surface area contributed by atoms with E-state index in [2.05, 4.69) is 4.98 Å². The lowest BCUT2D eigenvalue weighted by atomic mass is 10.1. The number of rotatable bonds is 7. The summed E-state index contributed by atoms with van der Waals surface area (Å²) >= 11 is 0. The Hall–Kier alpha value is -2.96. The summed E-state index contributed by atoms with van der Waals surface area (Å²) in [5, 5.41) is 11.3. The van der Waals surface area contributed by atoms with Crippen LogP contribution in [0, 0.1) is 17.0 Å². The number of hydrogen-bond donors (Lipinski definition) is 0. The Morgan fingerprint density at radius 3 is 2.40 bits per heavy atom. The predicted octanol–water partition coefficient (Wildman–Crippen LogP) is 3.29. The lowest BCUT2D eigenvalue weighted by Gasteiger charge is -2.25. The molecule has 7 heteroatoms. The summed E-state index contributed by atoms with van der Waals surface area (Å²) in [6, 6.07) is 12.0. The van der Waals surface area contributed by atoms with E-state index in [1.54, 1.807) is 42.2 Å². The molecule has 1 atom stereocenters. The first-order valence-corrected chi connectivity index (χ1v) is 8.10. The van der Waals surface area contributed by atoms with Crippen molar-refractivity contribution < 1.29 is 14.5 Å². The van der Waals surface area contributed by atoms with Gasteiger partial charge in [-0.25, -0.2) is 0 Å². The fourth-order valence-electron chi connectivity index (χ4n) is 2.47. The molecule has 1 heterocycles. The maximum atomic E-state index is 12.9. The van der Waals surface area contributed by atoms with Gasteiger partial charge in [0.2, 0.25) is 11.9 Å². The minimum atomic E-state index is -0.968. The van der Waals surface area contributed by atoms with Gasteiger partial charge in [-0.3, -0.25) is 4.79 Å². The van der Waals surface area contributed by atoms with Gasteiger partial charge in [0.25, 0.3) is 5.91 Å². The molecule has 0 saturated heterocycles. The number of aryl methyl sites for hydroxylation is 1. The fraction of sp³-hybridized carbons (Fsp3) is 0.333. The molecule has 1 aromatic heterocycles. The number of nitrogens with zero attached hydrogens (tertiary/aromatic N) is 3. The van der Waals surface area contributed by atoms with Crippen molar-refractivity contribution in [3.05, 3.63) is 63.8 Å². The van der Waals surface area contributed by atoms with Crippen molar-refractivity contribution in [1.29, 1.82) is 0 Å². The zero-order valence-electron chi connectivity index (χ0n) is 14.5. The van der Waals surface area contributed by atoms with Crippen LogP contribution >= 0.6 is 0 Å². The third-order valence-corrected chi connectivity index (χ3v) is 3.80. The standard InChI is InChI=1S/C18H21N3O4/c1-4-20(5-2)18(22)16(14-9-7-6-8-10-14)25-15-12-11-13(3)19-17(15)21(23)24/h6-12,16H,4-5H2,1-3H3/t16-/m1/s1. The monoisotopic (exact) mass is 343 g/mol. The van der Waals surface area contributed by atoms with Gasteiger partial charge in [-0.1, -0.05) is 30.3 Å². The van der Waals surface area contributed by atoms with Crippen molar-refractivity contribution in [3.63, 3.8) is 0 Å². The molecule has 0 radical (unpaired) electrons. The number of hydrogen-bond acceptors (Lipinski definition) is 5. The van der Waals surface area contributed by atoms with Gasteiger partial charge >= 0.3 is 5.82 Å². The maximum absolute atomic E-state index is 12.9. The molecule has 132 valence electrons. The highest BCUT2D eigenvalue weighted by atomic mass is 16.6. The zero-order chi connectivity index (χ0) is 18.4. The van der Waals surface area contributed by atoms with Crippen LogP contribution in [0.2, 0.25) is 0 Å². The highest BCUT2D eigenvalue weighted by molar-refractivity contribution is 5.82. The van der Waals surface area contributed by atoms with Crippen LogP contribution in [0.5, 0.6) is 5.75 Å². The van der Waals surface area contributed by atoms with Crippen LogP contribution in [-0.4, -0.2) is 33.8 Å². The number of carbonyl (C=O) groups is 1. The lowest BCUT2D eigenvalue weighted by Crippen LogP contribution is -2.37. The Labute approximate surface area is 146 Å². The molecule has 0 fully saturated rings.